The van der Waals surface area contributed by atoms with Gasteiger partial charge >= 0.3 is 0 Å². The zero-order valence-electron chi connectivity index (χ0n) is 20.3. The van der Waals surface area contributed by atoms with Crippen LogP contribution >= 0.6 is 0 Å². The quantitative estimate of drug-likeness (QED) is 0.357. The summed E-state index contributed by atoms with van der Waals surface area (Å²) in [6.07, 6.45) is 0.348. The largest absolute Gasteiger partial charge is 0.491 e. The van der Waals surface area contributed by atoms with Gasteiger partial charge in [0.25, 0.3) is 0 Å². The molecule has 4 rings (SSSR count). The van der Waals surface area contributed by atoms with Crippen molar-refractivity contribution in [2.75, 3.05) is 44.4 Å². The number of benzene rings is 3. The molecular formula is C29H31FN2O4. The van der Waals surface area contributed by atoms with Crippen LogP contribution in [0, 0.1) is 0 Å². The van der Waals surface area contributed by atoms with E-state index >= 15 is 0 Å². The molecule has 188 valence electrons. The van der Waals surface area contributed by atoms with Crippen LogP contribution in [0.3, 0.4) is 0 Å². The summed E-state index contributed by atoms with van der Waals surface area (Å²) in [6.45, 7) is 2.69. The Labute approximate surface area is 211 Å². The minimum atomic E-state index is -0.562. The number of nitrogens with zero attached hydrogens (tertiary/aromatic N) is 2. The van der Waals surface area contributed by atoms with Crippen LogP contribution in [-0.2, 0) is 11.4 Å². The lowest BCUT2D eigenvalue weighted by atomic mass is 10.1. The minimum absolute atomic E-state index is 0.00411. The Morgan fingerprint density at radius 1 is 0.750 bits per heavy atom. The molecule has 1 saturated heterocycles. The topological polar surface area (TPSA) is 59.1 Å². The number of piperazine rings is 1. The molecule has 7 heteroatoms. The molecule has 36 heavy (non-hydrogen) atoms. The fourth-order valence-electron chi connectivity index (χ4n) is 4.12. The number of carbonyl (C=O) groups is 2. The first-order valence-corrected chi connectivity index (χ1v) is 12.2. The van der Waals surface area contributed by atoms with Gasteiger partial charge in [-0.1, -0.05) is 30.3 Å². The highest BCUT2D eigenvalue weighted by Crippen LogP contribution is 2.22. The standard InChI is InChI=1S/C29H31FN2O4/c30-16-21-35-26-10-6-24(7-11-26)28(33)14-15-29(34)32-19-17-31(18-20-32)25-8-12-27(13-9-25)36-22-23-4-2-1-3-5-23/h1-13H,14-22H2. The molecule has 0 saturated carbocycles. The van der Waals surface area contributed by atoms with Crippen LogP contribution in [0.1, 0.15) is 28.8 Å². The third kappa shape index (κ3) is 7.07. The van der Waals surface area contributed by atoms with Crippen LogP contribution in [0.25, 0.3) is 0 Å². The highest BCUT2D eigenvalue weighted by Gasteiger charge is 2.22. The smallest absolute Gasteiger partial charge is 0.223 e. The first-order valence-electron chi connectivity index (χ1n) is 12.2. The maximum atomic E-state index is 12.7. The molecule has 0 bridgehead atoms. The van der Waals surface area contributed by atoms with E-state index in [0.717, 1.165) is 30.1 Å². The molecule has 1 aliphatic rings. The van der Waals surface area contributed by atoms with Gasteiger partial charge in [-0.05, 0) is 54.1 Å². The maximum absolute atomic E-state index is 12.7. The first-order chi connectivity index (χ1) is 17.6. The number of halogens is 1. The Morgan fingerprint density at radius 3 is 2.06 bits per heavy atom. The molecule has 1 amide bonds. The summed E-state index contributed by atoms with van der Waals surface area (Å²) in [5, 5.41) is 0. The van der Waals surface area contributed by atoms with E-state index in [4.69, 9.17) is 9.47 Å². The number of hydrogen-bond donors (Lipinski definition) is 0. The van der Waals surface area contributed by atoms with E-state index in [1.807, 2.05) is 59.5 Å². The zero-order valence-corrected chi connectivity index (χ0v) is 20.3. The summed E-state index contributed by atoms with van der Waals surface area (Å²) in [4.78, 5) is 29.2. The maximum Gasteiger partial charge on any atom is 0.223 e. The Morgan fingerprint density at radius 2 is 1.39 bits per heavy atom. The minimum Gasteiger partial charge on any atom is -0.491 e. The number of carbonyl (C=O) groups excluding carboxylic acids is 2. The molecule has 0 spiro atoms. The fraction of sp³-hybridized carbons (Fsp3) is 0.310. The average Bonchev–Trinajstić information content (AvgIpc) is 2.94. The van der Waals surface area contributed by atoms with Crippen LogP contribution in [0.15, 0.2) is 78.9 Å². The van der Waals surface area contributed by atoms with Crippen molar-refractivity contribution in [1.82, 2.24) is 4.90 Å². The van der Waals surface area contributed by atoms with Crippen molar-refractivity contribution in [3.05, 3.63) is 90.0 Å². The lowest BCUT2D eigenvalue weighted by Crippen LogP contribution is -2.48. The monoisotopic (exact) mass is 490 g/mol. The lowest BCUT2D eigenvalue weighted by Gasteiger charge is -2.36. The van der Waals surface area contributed by atoms with Gasteiger partial charge in [0.05, 0.1) is 0 Å². The van der Waals surface area contributed by atoms with Crippen LogP contribution < -0.4 is 14.4 Å². The SMILES string of the molecule is O=C(CCC(=O)N1CCN(c2ccc(OCc3ccccc3)cc2)CC1)c1ccc(OCCF)cc1. The van der Waals surface area contributed by atoms with E-state index in [1.165, 1.54) is 0 Å². The van der Waals surface area contributed by atoms with Crippen molar-refractivity contribution >= 4 is 17.4 Å². The van der Waals surface area contributed by atoms with Crippen molar-refractivity contribution in [3.8, 4) is 11.5 Å². The fourth-order valence-corrected chi connectivity index (χ4v) is 4.12. The number of ether oxygens (including phenoxy) is 2. The molecule has 0 aromatic heterocycles. The summed E-state index contributed by atoms with van der Waals surface area (Å²) in [7, 11) is 0. The molecule has 3 aromatic carbocycles. The second-order valence-electron chi connectivity index (χ2n) is 8.62. The van der Waals surface area contributed by atoms with E-state index in [2.05, 4.69) is 4.90 Å². The van der Waals surface area contributed by atoms with Gasteiger partial charge in [-0.15, -0.1) is 0 Å². The molecule has 0 atom stereocenters. The highest BCUT2D eigenvalue weighted by atomic mass is 19.1. The van der Waals surface area contributed by atoms with Gasteiger partial charge in [-0.3, -0.25) is 9.59 Å². The van der Waals surface area contributed by atoms with Gasteiger partial charge in [0, 0.05) is 50.3 Å². The summed E-state index contributed by atoms with van der Waals surface area (Å²) in [5.74, 6) is 1.25. The number of anilines is 1. The van der Waals surface area contributed by atoms with Crippen LogP contribution in [0.5, 0.6) is 11.5 Å². The molecule has 0 unspecified atom stereocenters. The van der Waals surface area contributed by atoms with Crippen molar-refractivity contribution in [2.45, 2.75) is 19.4 Å². The molecule has 0 N–H and O–H groups in total. The number of hydrogen-bond acceptors (Lipinski definition) is 5. The summed E-state index contributed by atoms with van der Waals surface area (Å²) >= 11 is 0. The number of ketones is 1. The summed E-state index contributed by atoms with van der Waals surface area (Å²) < 4.78 is 23.2. The van der Waals surface area contributed by atoms with Crippen LogP contribution in [0.2, 0.25) is 0 Å². The van der Waals surface area contributed by atoms with E-state index in [1.54, 1.807) is 24.3 Å². The number of Topliss-reactive ketones (excluding diaryl/α,β-unsaturated/α-hetero) is 1. The van der Waals surface area contributed by atoms with Crippen molar-refractivity contribution < 1.29 is 23.5 Å². The van der Waals surface area contributed by atoms with Crippen molar-refractivity contribution in [3.63, 3.8) is 0 Å². The van der Waals surface area contributed by atoms with Gasteiger partial charge in [-0.2, -0.15) is 0 Å². The molecule has 0 aliphatic carbocycles. The Hall–Kier alpha value is -3.87. The number of amides is 1. The summed E-state index contributed by atoms with van der Waals surface area (Å²) in [5.41, 5.74) is 2.75. The molecular weight excluding hydrogens is 459 g/mol. The molecule has 1 fully saturated rings. The van der Waals surface area contributed by atoms with Crippen molar-refractivity contribution in [2.24, 2.45) is 0 Å². The van der Waals surface area contributed by atoms with Crippen LogP contribution in [-0.4, -0.2) is 56.1 Å². The predicted molar refractivity (Wildman–Crippen MR) is 137 cm³/mol. The Bertz CT molecular complexity index is 1110. The van der Waals surface area contributed by atoms with Crippen LogP contribution in [0.4, 0.5) is 10.1 Å². The third-order valence-electron chi connectivity index (χ3n) is 6.17. The molecule has 1 heterocycles. The molecule has 0 radical (unpaired) electrons. The van der Waals surface area contributed by atoms with Gasteiger partial charge in [-0.25, -0.2) is 4.39 Å². The second-order valence-corrected chi connectivity index (χ2v) is 8.62. The van der Waals surface area contributed by atoms with Gasteiger partial charge < -0.3 is 19.3 Å². The molecule has 1 aliphatic heterocycles. The highest BCUT2D eigenvalue weighted by molar-refractivity contribution is 5.98. The first kappa shape index (κ1) is 25.2. The zero-order chi connectivity index (χ0) is 25.2. The average molecular weight is 491 g/mol. The lowest BCUT2D eigenvalue weighted by molar-refractivity contribution is -0.131. The Kier molecular flexibility index (Phi) is 8.92. The Balaban J connectivity index is 1.19. The van der Waals surface area contributed by atoms with E-state index < -0.39 is 6.67 Å². The van der Waals surface area contributed by atoms with Gasteiger partial charge in [0.15, 0.2) is 5.78 Å². The summed E-state index contributed by atoms with van der Waals surface area (Å²) in [6, 6.07) is 24.7. The third-order valence-corrected chi connectivity index (χ3v) is 6.17. The van der Waals surface area contributed by atoms with Crippen molar-refractivity contribution in [1.29, 1.82) is 0 Å². The van der Waals surface area contributed by atoms with Gasteiger partial charge in [0.1, 0.15) is 31.4 Å². The molecule has 6 nitrogen and oxygen atoms in total. The predicted octanol–water partition coefficient (Wildman–Crippen LogP) is 4.93. The van der Waals surface area contributed by atoms with Gasteiger partial charge in [0.2, 0.25) is 5.91 Å². The number of alkyl halides is 1. The van der Waals surface area contributed by atoms with E-state index in [-0.39, 0.29) is 31.1 Å². The second kappa shape index (κ2) is 12.7. The number of rotatable bonds is 11. The van der Waals surface area contributed by atoms with E-state index in [9.17, 15) is 14.0 Å². The molecule has 3 aromatic rings. The normalized spacial score (nSPS) is 13.4. The van der Waals surface area contributed by atoms with E-state index in [0.29, 0.717) is 31.0 Å².